The lowest BCUT2D eigenvalue weighted by molar-refractivity contribution is 0.415. The van der Waals surface area contributed by atoms with Crippen molar-refractivity contribution in [1.29, 1.82) is 0 Å². The van der Waals surface area contributed by atoms with Crippen LogP contribution in [0.5, 0.6) is 5.75 Å². The fraction of sp³-hybridized carbons (Fsp3) is 0.0556. The highest BCUT2D eigenvalue weighted by Crippen LogP contribution is 2.45. The molecule has 0 saturated carbocycles. The van der Waals surface area contributed by atoms with Gasteiger partial charge < -0.3 is 34.1 Å². The zero-order valence-electron chi connectivity index (χ0n) is 65.7. The van der Waals surface area contributed by atoms with Gasteiger partial charge in [-0.25, -0.2) is 0 Å². The molecular weight excluding hydrogens is 1400 g/mol. The highest BCUT2D eigenvalue weighted by Gasteiger charge is 2.21. The molecular formula is C108H90N6O. The molecule has 0 radical (unpaired) electrons. The molecule has 115 heavy (non-hydrogen) atoms. The molecule has 0 aromatic heterocycles. The lowest BCUT2D eigenvalue weighted by Gasteiger charge is -2.28. The molecule has 7 nitrogen and oxygen atoms in total. The van der Waals surface area contributed by atoms with E-state index in [9.17, 15) is 0 Å². The predicted octanol–water partition coefficient (Wildman–Crippen LogP) is 29.9. The van der Waals surface area contributed by atoms with Crippen LogP contribution in [0.25, 0.3) is 65.7 Å². The number of fused-ring (bicyclic) bond motifs is 3. The van der Waals surface area contributed by atoms with Crippen LogP contribution in [0.15, 0.2) is 437 Å². The van der Waals surface area contributed by atoms with Gasteiger partial charge in [0.15, 0.2) is 0 Å². The molecule has 7 heteroatoms. The molecule has 18 rings (SSSR count). The van der Waals surface area contributed by atoms with Gasteiger partial charge in [0.2, 0.25) is 0 Å². The number of hydrogen-bond acceptors (Lipinski definition) is 7. The minimum Gasteiger partial charge on any atom is -0.497 e. The van der Waals surface area contributed by atoms with Crippen molar-refractivity contribution >= 4 is 118 Å². The first kappa shape index (κ1) is 74.4. The first-order chi connectivity index (χ1) is 56.5. The Hall–Kier alpha value is -14.7. The van der Waals surface area contributed by atoms with E-state index in [1.807, 2.05) is 12.1 Å². The van der Waals surface area contributed by atoms with Gasteiger partial charge >= 0.3 is 0 Å². The number of hydrogen-bond donors (Lipinski definition) is 0. The van der Waals surface area contributed by atoms with Gasteiger partial charge in [-0.05, 0) is 245 Å². The van der Waals surface area contributed by atoms with E-state index in [0.29, 0.717) is 0 Å². The third kappa shape index (κ3) is 16.9. The lowest BCUT2D eigenvalue weighted by atomic mass is 10.0. The zero-order valence-corrected chi connectivity index (χ0v) is 65.7. The van der Waals surface area contributed by atoms with Gasteiger partial charge in [-0.2, -0.15) is 0 Å². The van der Waals surface area contributed by atoms with Crippen LogP contribution >= 0.6 is 0 Å². The van der Waals surface area contributed by atoms with Crippen LogP contribution < -0.4 is 34.1 Å². The third-order valence-corrected chi connectivity index (χ3v) is 21.5. The molecule has 18 aromatic carbocycles. The second kappa shape index (κ2) is 34.7. The Morgan fingerprint density at radius 2 is 0.417 bits per heavy atom. The topological polar surface area (TPSA) is 28.7 Å². The Morgan fingerprint density at radius 3 is 0.722 bits per heavy atom. The van der Waals surface area contributed by atoms with Crippen LogP contribution in [-0.2, 0) is 0 Å². The standard InChI is InChI=1S/C36H30N2O.2C36H30N2/c1-37(31-23-25-34(39-2)26-24-31)30-19-21-33(22-20-30)38(36-14-8-12-29-11-6-7-13-35(29)36)32-17-15-28(16-18-32)27-9-4-3-5-10-27;1-27-10-8-15-34(26-27)37(2)31-22-24-33(25-23-31)38(36-17-9-14-30-13-6-7-16-35(30)36)32-20-18-29(19-21-32)28-11-4-3-5-12-28;1-27-15-19-31(20-16-27)37(2)32-23-25-34(26-24-32)38(36-14-8-12-30-11-6-7-13-35(30)36)33-21-17-29(18-22-33)28-9-4-3-5-10-28/h3-26H,1-2H3;2*3-26H,1-2H3. The fourth-order valence-electron chi connectivity index (χ4n) is 15.1. The summed E-state index contributed by atoms with van der Waals surface area (Å²) in [5, 5.41) is 7.34. The van der Waals surface area contributed by atoms with Gasteiger partial charge in [0, 0.05) is 106 Å². The molecule has 0 N–H and O–H groups in total. The van der Waals surface area contributed by atoms with E-state index in [0.717, 1.165) is 79.7 Å². The van der Waals surface area contributed by atoms with Crippen molar-refractivity contribution in [3.63, 3.8) is 0 Å². The maximum Gasteiger partial charge on any atom is 0.119 e. The Bertz CT molecular complexity index is 6210. The molecule has 0 aliphatic heterocycles. The van der Waals surface area contributed by atoms with Crippen LogP contribution in [0.4, 0.5) is 85.3 Å². The SMILES string of the molecule is COc1ccc(N(C)c2ccc(N(c3ccc(-c4ccccc4)cc3)c3cccc4ccccc34)cc2)cc1.Cc1ccc(N(C)c2ccc(N(c3ccc(-c4ccccc4)cc3)c3cccc4ccccc34)cc2)cc1.Cc1cccc(N(C)c2ccc(N(c3ccc(-c4ccccc4)cc3)c3cccc4ccccc34)cc2)c1. The molecule has 0 aliphatic rings. The Kier molecular flexibility index (Phi) is 22.5. The average molecular weight is 1490 g/mol. The molecule has 18 aromatic rings. The van der Waals surface area contributed by atoms with Gasteiger partial charge in [0.05, 0.1) is 24.2 Å². The summed E-state index contributed by atoms with van der Waals surface area (Å²) < 4.78 is 5.32. The Morgan fingerprint density at radius 1 is 0.183 bits per heavy atom. The van der Waals surface area contributed by atoms with E-state index in [1.54, 1.807) is 7.11 Å². The van der Waals surface area contributed by atoms with Crippen molar-refractivity contribution in [2.24, 2.45) is 0 Å². The molecule has 0 atom stereocenters. The van der Waals surface area contributed by atoms with E-state index in [-0.39, 0.29) is 0 Å². The highest BCUT2D eigenvalue weighted by molar-refractivity contribution is 6.02. The van der Waals surface area contributed by atoms with E-state index >= 15 is 0 Å². The molecule has 558 valence electrons. The van der Waals surface area contributed by atoms with Crippen molar-refractivity contribution in [3.8, 4) is 39.1 Å². The molecule has 0 aliphatic carbocycles. The number of nitrogens with zero attached hydrogens (tertiary/aromatic N) is 6. The summed E-state index contributed by atoms with van der Waals surface area (Å²) in [5.74, 6) is 0.853. The van der Waals surface area contributed by atoms with Crippen LogP contribution in [0.2, 0.25) is 0 Å². The van der Waals surface area contributed by atoms with E-state index in [2.05, 4.69) is 489 Å². The largest absolute Gasteiger partial charge is 0.497 e. The number of benzene rings is 18. The smallest absolute Gasteiger partial charge is 0.119 e. The summed E-state index contributed by atoms with van der Waals surface area (Å²) in [6, 6.07) is 155. The second-order valence-electron chi connectivity index (χ2n) is 28.8. The highest BCUT2D eigenvalue weighted by atomic mass is 16.5. The minimum absolute atomic E-state index is 0.853. The molecule has 0 amide bonds. The third-order valence-electron chi connectivity index (χ3n) is 21.5. The summed E-state index contributed by atoms with van der Waals surface area (Å²) in [5.41, 5.74) is 26.9. The summed E-state index contributed by atoms with van der Waals surface area (Å²) in [4.78, 5) is 13.7. The van der Waals surface area contributed by atoms with E-state index in [1.165, 1.54) is 88.2 Å². The molecule has 0 unspecified atom stereocenters. The minimum atomic E-state index is 0.853. The lowest BCUT2D eigenvalue weighted by Crippen LogP contribution is -2.12. The van der Waals surface area contributed by atoms with Crippen LogP contribution in [0.1, 0.15) is 11.1 Å². The molecule has 0 saturated heterocycles. The maximum absolute atomic E-state index is 5.32. The van der Waals surface area contributed by atoms with E-state index in [4.69, 9.17) is 4.74 Å². The normalized spacial score (nSPS) is 10.9. The van der Waals surface area contributed by atoms with Crippen LogP contribution in [0, 0.1) is 13.8 Å². The summed E-state index contributed by atoms with van der Waals surface area (Å²) in [6.45, 7) is 4.25. The fourth-order valence-corrected chi connectivity index (χ4v) is 15.1. The number of anilines is 15. The zero-order chi connectivity index (χ0) is 78.4. The number of methoxy groups -OCH3 is 1. The monoisotopic (exact) mass is 1490 g/mol. The number of ether oxygens (including phenoxy) is 1. The molecule has 0 fully saturated rings. The number of rotatable bonds is 19. The van der Waals surface area contributed by atoms with E-state index < -0.39 is 0 Å². The predicted molar refractivity (Wildman–Crippen MR) is 492 cm³/mol. The molecule has 0 heterocycles. The van der Waals surface area contributed by atoms with Crippen molar-refractivity contribution in [1.82, 2.24) is 0 Å². The first-order valence-electron chi connectivity index (χ1n) is 39.1. The van der Waals surface area contributed by atoms with Crippen LogP contribution in [0.3, 0.4) is 0 Å². The first-order valence-corrected chi connectivity index (χ1v) is 39.1. The van der Waals surface area contributed by atoms with Crippen LogP contribution in [-0.4, -0.2) is 28.3 Å². The average Bonchev–Trinajstić information content (AvgIpc) is 0.784. The van der Waals surface area contributed by atoms with Gasteiger partial charge in [0.1, 0.15) is 5.75 Å². The maximum atomic E-state index is 5.32. The van der Waals surface area contributed by atoms with Crippen molar-refractivity contribution in [2.75, 3.05) is 57.7 Å². The van der Waals surface area contributed by atoms with Gasteiger partial charge in [-0.1, -0.05) is 266 Å². The molecule has 0 spiro atoms. The Labute approximate surface area is 676 Å². The molecule has 0 bridgehead atoms. The van der Waals surface area contributed by atoms with Gasteiger partial charge in [-0.15, -0.1) is 0 Å². The van der Waals surface area contributed by atoms with Gasteiger partial charge in [0.25, 0.3) is 0 Å². The van der Waals surface area contributed by atoms with Crippen molar-refractivity contribution in [2.45, 2.75) is 13.8 Å². The number of aryl methyl sites for hydroxylation is 2. The summed E-state index contributed by atoms with van der Waals surface area (Å²) in [7, 11) is 8.01. The van der Waals surface area contributed by atoms with Crippen molar-refractivity contribution in [3.05, 3.63) is 448 Å². The second-order valence-corrected chi connectivity index (χ2v) is 28.8. The van der Waals surface area contributed by atoms with Crippen molar-refractivity contribution < 1.29 is 4.74 Å². The quantitative estimate of drug-likeness (QED) is 0.0797. The Balaban J connectivity index is 0.000000130. The van der Waals surface area contributed by atoms with Gasteiger partial charge in [-0.3, -0.25) is 0 Å². The summed E-state index contributed by atoms with van der Waals surface area (Å²) >= 11 is 0. The summed E-state index contributed by atoms with van der Waals surface area (Å²) in [6.07, 6.45) is 0.